The molecule has 0 saturated heterocycles. The molecule has 0 aromatic heterocycles. The van der Waals surface area contributed by atoms with Crippen LogP contribution in [0.15, 0.2) is 0 Å². The number of carbonyl (C=O) groups is 3. The molecule has 0 rings (SSSR count). The van der Waals surface area contributed by atoms with Crippen LogP contribution in [0.5, 0.6) is 0 Å². The van der Waals surface area contributed by atoms with Crippen molar-refractivity contribution >= 4 is 17.9 Å². The fourth-order valence-corrected chi connectivity index (χ4v) is 8.87. The Kier molecular flexibility index (Phi) is 49.6. The van der Waals surface area contributed by atoms with Crippen molar-refractivity contribution in [2.24, 2.45) is 11.8 Å². The van der Waals surface area contributed by atoms with Crippen LogP contribution in [0.2, 0.25) is 0 Å². The van der Waals surface area contributed by atoms with E-state index in [0.29, 0.717) is 19.3 Å². The van der Waals surface area contributed by atoms with Gasteiger partial charge in [0.1, 0.15) is 13.2 Å². The third kappa shape index (κ3) is 51.4. The summed E-state index contributed by atoms with van der Waals surface area (Å²) < 4.78 is 16.9. The molecule has 0 aliphatic heterocycles. The first kappa shape index (κ1) is 62.4. The lowest BCUT2D eigenvalue weighted by molar-refractivity contribution is -0.167. The second-order valence-electron chi connectivity index (χ2n) is 20.9. The summed E-state index contributed by atoms with van der Waals surface area (Å²) in [5.41, 5.74) is 0. The highest BCUT2D eigenvalue weighted by atomic mass is 16.6. The van der Waals surface area contributed by atoms with Crippen LogP contribution in [0.25, 0.3) is 0 Å². The van der Waals surface area contributed by atoms with Gasteiger partial charge >= 0.3 is 17.9 Å². The number of unbranched alkanes of at least 4 members (excludes halogenated alkanes) is 37. The Balaban J connectivity index is 4.22. The molecule has 0 amide bonds. The van der Waals surface area contributed by atoms with Gasteiger partial charge in [-0.05, 0) is 31.1 Å². The van der Waals surface area contributed by atoms with Crippen molar-refractivity contribution in [3.8, 4) is 0 Å². The molecule has 380 valence electrons. The van der Waals surface area contributed by atoms with Crippen LogP contribution in [-0.2, 0) is 28.6 Å². The molecule has 0 aromatic carbocycles. The van der Waals surface area contributed by atoms with E-state index < -0.39 is 6.10 Å². The number of hydrogen-bond acceptors (Lipinski definition) is 6. The highest BCUT2D eigenvalue weighted by molar-refractivity contribution is 5.71. The molecule has 0 aliphatic rings. The number of carbonyl (C=O) groups excluding carboxylic acids is 3. The third-order valence-corrected chi connectivity index (χ3v) is 13.2. The summed E-state index contributed by atoms with van der Waals surface area (Å²) in [6.07, 6.45) is 53.8. The molecule has 0 spiro atoms. The van der Waals surface area contributed by atoms with Crippen LogP contribution >= 0.6 is 0 Å². The first-order valence-corrected chi connectivity index (χ1v) is 28.7. The number of esters is 3. The zero-order valence-electron chi connectivity index (χ0n) is 43.9. The Morgan fingerprint density at radius 2 is 0.516 bits per heavy atom. The maximum atomic E-state index is 12.8. The van der Waals surface area contributed by atoms with Crippen LogP contribution in [0.4, 0.5) is 0 Å². The van der Waals surface area contributed by atoms with Gasteiger partial charge in [-0.15, -0.1) is 0 Å². The molecule has 0 N–H and O–H groups in total. The lowest BCUT2D eigenvalue weighted by Gasteiger charge is -2.18. The van der Waals surface area contributed by atoms with E-state index in [2.05, 4.69) is 34.6 Å². The minimum atomic E-state index is -0.762. The van der Waals surface area contributed by atoms with Gasteiger partial charge in [0, 0.05) is 19.3 Å². The smallest absolute Gasteiger partial charge is 0.306 e. The highest BCUT2D eigenvalue weighted by Gasteiger charge is 2.19. The fourth-order valence-electron chi connectivity index (χ4n) is 8.87. The molecule has 0 fully saturated rings. The molecule has 6 nitrogen and oxygen atoms in total. The largest absolute Gasteiger partial charge is 0.462 e. The third-order valence-electron chi connectivity index (χ3n) is 13.2. The highest BCUT2D eigenvalue weighted by Crippen LogP contribution is 2.18. The zero-order chi connectivity index (χ0) is 46.8. The predicted molar refractivity (Wildman–Crippen MR) is 275 cm³/mol. The molecule has 0 bridgehead atoms. The Hall–Kier alpha value is -1.59. The van der Waals surface area contributed by atoms with Crippen molar-refractivity contribution in [3.05, 3.63) is 0 Å². The van der Waals surface area contributed by atoms with Crippen LogP contribution in [0.1, 0.15) is 324 Å². The molecule has 0 aliphatic carbocycles. The van der Waals surface area contributed by atoms with E-state index in [-0.39, 0.29) is 31.1 Å². The summed E-state index contributed by atoms with van der Waals surface area (Å²) in [5, 5.41) is 0. The summed E-state index contributed by atoms with van der Waals surface area (Å²) >= 11 is 0. The maximum Gasteiger partial charge on any atom is 0.306 e. The summed E-state index contributed by atoms with van der Waals surface area (Å²) in [7, 11) is 0. The molecule has 64 heavy (non-hydrogen) atoms. The van der Waals surface area contributed by atoms with E-state index in [1.807, 2.05) is 0 Å². The van der Waals surface area contributed by atoms with Crippen molar-refractivity contribution in [2.75, 3.05) is 13.2 Å². The molecule has 0 unspecified atom stereocenters. The van der Waals surface area contributed by atoms with E-state index in [1.54, 1.807) is 0 Å². The lowest BCUT2D eigenvalue weighted by Crippen LogP contribution is -2.30. The number of ether oxygens (including phenoxy) is 3. The molecular formula is C58H112O6. The lowest BCUT2D eigenvalue weighted by atomic mass is 10.0. The summed E-state index contributed by atoms with van der Waals surface area (Å²) in [4.78, 5) is 38.0. The van der Waals surface area contributed by atoms with Crippen LogP contribution in [-0.4, -0.2) is 37.2 Å². The monoisotopic (exact) mass is 905 g/mol. The van der Waals surface area contributed by atoms with Crippen LogP contribution in [0.3, 0.4) is 0 Å². The van der Waals surface area contributed by atoms with E-state index >= 15 is 0 Å². The fraction of sp³-hybridized carbons (Fsp3) is 0.948. The predicted octanol–water partition coefficient (Wildman–Crippen LogP) is 18.9. The Morgan fingerprint density at radius 3 is 0.766 bits per heavy atom. The first-order chi connectivity index (χ1) is 31.2. The molecular weight excluding hydrogens is 793 g/mol. The van der Waals surface area contributed by atoms with E-state index in [0.717, 1.165) is 69.6 Å². The molecule has 0 aromatic rings. The molecule has 1 atom stereocenters. The first-order valence-electron chi connectivity index (χ1n) is 28.7. The average molecular weight is 906 g/mol. The van der Waals surface area contributed by atoms with E-state index in [9.17, 15) is 14.4 Å². The molecule has 0 heterocycles. The van der Waals surface area contributed by atoms with E-state index in [4.69, 9.17) is 14.2 Å². The van der Waals surface area contributed by atoms with Gasteiger partial charge in [-0.1, -0.05) is 285 Å². The molecule has 0 saturated carbocycles. The molecule has 6 heteroatoms. The number of rotatable bonds is 52. The normalized spacial score (nSPS) is 12.0. The van der Waals surface area contributed by atoms with Gasteiger partial charge in [-0.25, -0.2) is 0 Å². The van der Waals surface area contributed by atoms with Crippen molar-refractivity contribution in [3.63, 3.8) is 0 Å². The average Bonchev–Trinajstić information content (AvgIpc) is 3.27. The topological polar surface area (TPSA) is 78.9 Å². The second kappa shape index (κ2) is 50.8. The van der Waals surface area contributed by atoms with Gasteiger partial charge in [-0.3, -0.25) is 14.4 Å². The Morgan fingerprint density at radius 1 is 0.297 bits per heavy atom. The Labute approximate surface area is 399 Å². The van der Waals surface area contributed by atoms with Gasteiger partial charge < -0.3 is 14.2 Å². The molecule has 0 radical (unpaired) electrons. The number of hydrogen-bond donors (Lipinski definition) is 0. The maximum absolute atomic E-state index is 12.8. The van der Waals surface area contributed by atoms with Crippen molar-refractivity contribution in [1.29, 1.82) is 0 Å². The standard InChI is InChI=1S/C58H112O6/c1-6-7-8-9-10-11-28-33-38-43-48-56(59)62-51-55(52-63-57(60)49-44-39-34-29-24-21-20-23-27-32-37-42-47-54(4)5)64-58(61)50-45-40-35-30-25-19-17-15-13-12-14-16-18-22-26-31-36-41-46-53(2)3/h53-55H,6-52H2,1-5H3/t55-/m0/s1. The van der Waals surface area contributed by atoms with Gasteiger partial charge in [0.15, 0.2) is 6.10 Å². The van der Waals surface area contributed by atoms with Crippen molar-refractivity contribution in [2.45, 2.75) is 330 Å². The second-order valence-corrected chi connectivity index (χ2v) is 20.9. The van der Waals surface area contributed by atoms with Gasteiger partial charge in [0.05, 0.1) is 0 Å². The van der Waals surface area contributed by atoms with Crippen molar-refractivity contribution in [1.82, 2.24) is 0 Å². The van der Waals surface area contributed by atoms with Gasteiger partial charge in [0.2, 0.25) is 0 Å². The van der Waals surface area contributed by atoms with Crippen LogP contribution < -0.4 is 0 Å². The minimum Gasteiger partial charge on any atom is -0.462 e. The van der Waals surface area contributed by atoms with Gasteiger partial charge in [-0.2, -0.15) is 0 Å². The SMILES string of the molecule is CCCCCCCCCCCCC(=O)OC[C@@H](COC(=O)CCCCCCCCCCCCCCC(C)C)OC(=O)CCCCCCCCCCCCCCCCCCCCC(C)C. The van der Waals surface area contributed by atoms with Crippen molar-refractivity contribution < 1.29 is 28.6 Å². The van der Waals surface area contributed by atoms with E-state index in [1.165, 1.54) is 212 Å². The quantitative estimate of drug-likeness (QED) is 0.0344. The summed E-state index contributed by atoms with van der Waals surface area (Å²) in [5.74, 6) is 0.850. The summed E-state index contributed by atoms with van der Waals surface area (Å²) in [6, 6.07) is 0. The summed E-state index contributed by atoms with van der Waals surface area (Å²) in [6.45, 7) is 11.4. The Bertz CT molecular complexity index is 978. The van der Waals surface area contributed by atoms with Crippen LogP contribution in [0, 0.1) is 11.8 Å². The zero-order valence-corrected chi connectivity index (χ0v) is 43.9. The minimum absolute atomic E-state index is 0.0629. The van der Waals surface area contributed by atoms with Gasteiger partial charge in [0.25, 0.3) is 0 Å².